The molecule has 0 saturated heterocycles. The molecular weight excluding hydrogens is 272 g/mol. The van der Waals surface area contributed by atoms with E-state index in [0.29, 0.717) is 0 Å². The molecule has 0 aliphatic carbocycles. The number of pyridine rings is 1. The van der Waals surface area contributed by atoms with Crippen molar-refractivity contribution in [3.8, 4) is 0 Å². The first-order chi connectivity index (χ1) is 10.7. The summed E-state index contributed by atoms with van der Waals surface area (Å²) in [5.74, 6) is 0. The van der Waals surface area contributed by atoms with Crippen LogP contribution in [0.1, 0.15) is 5.56 Å². The molecule has 4 heteroatoms. The maximum absolute atomic E-state index is 4.40. The number of hydrazone groups is 1. The second-order valence-electron chi connectivity index (χ2n) is 5.24. The number of anilines is 2. The van der Waals surface area contributed by atoms with Gasteiger partial charge in [-0.15, -0.1) is 0 Å². The van der Waals surface area contributed by atoms with Gasteiger partial charge in [0.25, 0.3) is 0 Å². The molecule has 1 N–H and O–H groups in total. The summed E-state index contributed by atoms with van der Waals surface area (Å²) in [7, 11) is 4.05. The highest BCUT2D eigenvalue weighted by Crippen LogP contribution is 2.20. The summed E-state index contributed by atoms with van der Waals surface area (Å²) in [5.41, 5.74) is 7.11. The van der Waals surface area contributed by atoms with Crippen molar-refractivity contribution in [1.82, 2.24) is 4.98 Å². The lowest BCUT2D eigenvalue weighted by atomic mass is 10.2. The van der Waals surface area contributed by atoms with Crippen molar-refractivity contribution in [3.05, 3.63) is 66.4 Å². The van der Waals surface area contributed by atoms with Gasteiger partial charge in [0.15, 0.2) is 0 Å². The number of para-hydroxylation sites is 1. The summed E-state index contributed by atoms with van der Waals surface area (Å²) in [5, 5.41) is 5.40. The summed E-state index contributed by atoms with van der Waals surface area (Å²) in [6.07, 6.45) is 3.60. The van der Waals surface area contributed by atoms with Crippen molar-refractivity contribution in [2.45, 2.75) is 0 Å². The number of nitrogens with zero attached hydrogens (tertiary/aromatic N) is 3. The van der Waals surface area contributed by atoms with E-state index >= 15 is 0 Å². The van der Waals surface area contributed by atoms with Gasteiger partial charge in [0.1, 0.15) is 0 Å². The summed E-state index contributed by atoms with van der Waals surface area (Å²) in [6.45, 7) is 0. The molecule has 0 unspecified atom stereocenters. The molecular formula is C18H18N4. The van der Waals surface area contributed by atoms with Gasteiger partial charge in [-0.05, 0) is 29.8 Å². The van der Waals surface area contributed by atoms with Gasteiger partial charge in [-0.25, -0.2) is 0 Å². The van der Waals surface area contributed by atoms with E-state index in [1.807, 2.05) is 56.6 Å². The average Bonchev–Trinajstić information content (AvgIpc) is 2.55. The molecule has 1 heterocycles. The van der Waals surface area contributed by atoms with Gasteiger partial charge >= 0.3 is 0 Å². The average molecular weight is 290 g/mol. The number of fused-ring (bicyclic) bond motifs is 1. The topological polar surface area (TPSA) is 40.5 Å². The lowest BCUT2D eigenvalue weighted by molar-refractivity contribution is 1.13. The number of hydrogen-bond acceptors (Lipinski definition) is 4. The lowest BCUT2D eigenvalue weighted by Gasteiger charge is -2.11. The van der Waals surface area contributed by atoms with Crippen LogP contribution in [0.15, 0.2) is 65.9 Å². The van der Waals surface area contributed by atoms with Crippen LogP contribution in [-0.4, -0.2) is 25.3 Å². The van der Waals surface area contributed by atoms with Gasteiger partial charge in [0.2, 0.25) is 0 Å². The van der Waals surface area contributed by atoms with Crippen LogP contribution in [0.4, 0.5) is 11.4 Å². The van der Waals surface area contributed by atoms with Crippen LogP contribution in [0.3, 0.4) is 0 Å². The van der Waals surface area contributed by atoms with Crippen LogP contribution >= 0.6 is 0 Å². The molecule has 3 aromatic rings. The van der Waals surface area contributed by atoms with Crippen molar-refractivity contribution in [2.75, 3.05) is 24.4 Å². The Labute approximate surface area is 130 Å². The Hall–Kier alpha value is -2.88. The van der Waals surface area contributed by atoms with Gasteiger partial charge in [-0.3, -0.25) is 10.4 Å². The number of hydrogen-bond donors (Lipinski definition) is 1. The van der Waals surface area contributed by atoms with Gasteiger partial charge < -0.3 is 4.90 Å². The molecule has 2 aromatic carbocycles. The van der Waals surface area contributed by atoms with Crippen molar-refractivity contribution < 1.29 is 0 Å². The molecule has 3 rings (SSSR count). The first-order valence-electron chi connectivity index (χ1n) is 7.14. The molecule has 0 saturated carbocycles. The summed E-state index contributed by atoms with van der Waals surface area (Å²) in [4.78, 5) is 6.47. The fourth-order valence-electron chi connectivity index (χ4n) is 2.23. The van der Waals surface area contributed by atoms with E-state index in [-0.39, 0.29) is 0 Å². The smallest absolute Gasteiger partial charge is 0.0951 e. The van der Waals surface area contributed by atoms with Crippen LogP contribution < -0.4 is 10.3 Å². The predicted molar refractivity (Wildman–Crippen MR) is 93.7 cm³/mol. The molecule has 110 valence electrons. The van der Waals surface area contributed by atoms with Crippen LogP contribution in [0.2, 0.25) is 0 Å². The SMILES string of the molecule is CN(C)c1ccc(/C=N/Nc2cccc3cccnc23)cc1. The van der Waals surface area contributed by atoms with Gasteiger partial charge in [-0.2, -0.15) is 5.10 Å². The Morgan fingerprint density at radius 3 is 2.55 bits per heavy atom. The normalized spacial score (nSPS) is 11.0. The van der Waals surface area contributed by atoms with Gasteiger partial charge in [-0.1, -0.05) is 30.3 Å². The Bertz CT molecular complexity index is 786. The maximum Gasteiger partial charge on any atom is 0.0951 e. The zero-order valence-corrected chi connectivity index (χ0v) is 12.7. The minimum absolute atomic E-state index is 0.902. The lowest BCUT2D eigenvalue weighted by Crippen LogP contribution is -2.08. The second kappa shape index (κ2) is 6.26. The molecule has 0 spiro atoms. The van der Waals surface area contributed by atoms with Crippen LogP contribution in [-0.2, 0) is 0 Å². The Kier molecular flexibility index (Phi) is 4.01. The van der Waals surface area contributed by atoms with Crippen molar-refractivity contribution >= 4 is 28.5 Å². The first-order valence-corrected chi connectivity index (χ1v) is 7.14. The van der Waals surface area contributed by atoms with E-state index in [2.05, 4.69) is 32.5 Å². The molecule has 0 atom stereocenters. The zero-order chi connectivity index (χ0) is 15.4. The van der Waals surface area contributed by atoms with E-state index in [1.54, 1.807) is 12.4 Å². The Balaban J connectivity index is 1.76. The number of benzene rings is 2. The standard InChI is InChI=1S/C18H18N4/c1-22(2)16-10-8-14(9-11-16)13-20-21-17-7-3-5-15-6-4-12-19-18(15)17/h3-13,21H,1-2H3/b20-13+. The largest absolute Gasteiger partial charge is 0.378 e. The second-order valence-corrected chi connectivity index (χ2v) is 5.24. The number of rotatable bonds is 4. The molecule has 0 aliphatic rings. The van der Waals surface area contributed by atoms with E-state index in [4.69, 9.17) is 0 Å². The molecule has 0 fully saturated rings. The van der Waals surface area contributed by atoms with Crippen molar-refractivity contribution in [2.24, 2.45) is 5.10 Å². The summed E-state index contributed by atoms with van der Waals surface area (Å²) in [6, 6.07) is 18.2. The van der Waals surface area contributed by atoms with Crippen LogP contribution in [0, 0.1) is 0 Å². The monoisotopic (exact) mass is 290 g/mol. The minimum atomic E-state index is 0.902. The van der Waals surface area contributed by atoms with E-state index in [0.717, 1.165) is 22.2 Å². The molecule has 1 aromatic heterocycles. The zero-order valence-electron chi connectivity index (χ0n) is 12.7. The maximum atomic E-state index is 4.40. The Morgan fingerprint density at radius 1 is 1.00 bits per heavy atom. The fraction of sp³-hybridized carbons (Fsp3) is 0.111. The van der Waals surface area contributed by atoms with Gasteiger partial charge in [0.05, 0.1) is 17.4 Å². The summed E-state index contributed by atoms with van der Waals surface area (Å²) >= 11 is 0. The van der Waals surface area contributed by atoms with E-state index in [1.165, 1.54) is 5.69 Å². The highest BCUT2D eigenvalue weighted by atomic mass is 15.3. The van der Waals surface area contributed by atoms with Gasteiger partial charge in [0, 0.05) is 31.4 Å². The Morgan fingerprint density at radius 2 is 1.77 bits per heavy atom. The molecule has 0 aliphatic heterocycles. The molecule has 4 nitrogen and oxygen atoms in total. The third-order valence-corrected chi connectivity index (χ3v) is 3.44. The molecule has 0 radical (unpaired) electrons. The molecule has 0 bridgehead atoms. The van der Waals surface area contributed by atoms with Crippen LogP contribution in [0.5, 0.6) is 0 Å². The first kappa shape index (κ1) is 14.1. The fourth-order valence-corrected chi connectivity index (χ4v) is 2.23. The minimum Gasteiger partial charge on any atom is -0.378 e. The third kappa shape index (κ3) is 3.06. The van der Waals surface area contributed by atoms with Crippen molar-refractivity contribution in [3.63, 3.8) is 0 Å². The molecule has 0 amide bonds. The highest BCUT2D eigenvalue weighted by molar-refractivity contribution is 5.90. The highest BCUT2D eigenvalue weighted by Gasteiger charge is 1.99. The third-order valence-electron chi connectivity index (χ3n) is 3.44. The van der Waals surface area contributed by atoms with E-state index in [9.17, 15) is 0 Å². The number of nitrogens with one attached hydrogen (secondary N) is 1. The van der Waals surface area contributed by atoms with Crippen molar-refractivity contribution in [1.29, 1.82) is 0 Å². The quantitative estimate of drug-likeness (QED) is 0.587. The van der Waals surface area contributed by atoms with Crippen LogP contribution in [0.25, 0.3) is 10.9 Å². The van der Waals surface area contributed by atoms with E-state index < -0.39 is 0 Å². The summed E-state index contributed by atoms with van der Waals surface area (Å²) < 4.78 is 0. The molecule has 22 heavy (non-hydrogen) atoms. The predicted octanol–water partition coefficient (Wildman–Crippen LogP) is 3.75. The number of aromatic nitrogens is 1.